The number of nitrogens with two attached hydrogens (primary N) is 1. The van der Waals surface area contributed by atoms with Crippen molar-refractivity contribution in [3.8, 4) is 21.1 Å². The van der Waals surface area contributed by atoms with Gasteiger partial charge in [-0.25, -0.2) is 9.97 Å². The Morgan fingerprint density at radius 1 is 0.838 bits per heavy atom. The molecule has 0 atom stereocenters. The first-order valence-electron chi connectivity index (χ1n) is 10.4. The number of nitrogen functional groups attached to an aromatic ring is 1. The number of nitrogens with zero attached hydrogens (tertiary/aromatic N) is 4. The quantitative estimate of drug-likeness (QED) is 0.277. The molecule has 0 aliphatic carbocycles. The maximum atomic E-state index is 12.6. The normalized spacial score (nSPS) is 11.7. The summed E-state index contributed by atoms with van der Waals surface area (Å²) in [5.74, 6) is 0.339. The number of hydrogen-bond donors (Lipinski definition) is 1. The molecule has 0 unspecified atom stereocenters. The number of carbonyl (C=O) groups excluding carboxylic acids is 1. The summed E-state index contributed by atoms with van der Waals surface area (Å²) >= 11 is 2.55. The van der Waals surface area contributed by atoms with Crippen LogP contribution in [-0.4, -0.2) is 25.7 Å². The number of pyridine rings is 2. The van der Waals surface area contributed by atoms with Crippen LogP contribution in [0.1, 0.15) is 35.1 Å². The standard InChI is InChI=1S/C13H11F3N2OS.C10H8F3N3S/c1-7-3-9(5-17-11(7)13(14,15)16)12-18-10(6-20-12)4-8(2)19;1-5-2-6(9-16-7(14)4-17-9)3-15-8(5)10(11,12)13/h3,5-6H,4H2,1-2H3;2-4H,14H2,1H3. The fourth-order valence-corrected chi connectivity index (χ4v) is 4.66. The molecule has 4 aromatic rings. The van der Waals surface area contributed by atoms with Gasteiger partial charge in [0.15, 0.2) is 0 Å². The van der Waals surface area contributed by atoms with Gasteiger partial charge in [0, 0.05) is 40.7 Å². The van der Waals surface area contributed by atoms with E-state index in [0.29, 0.717) is 32.7 Å². The predicted octanol–water partition coefficient (Wildman–Crippen LogP) is 6.78. The van der Waals surface area contributed by atoms with Gasteiger partial charge in [0.2, 0.25) is 0 Å². The second-order valence-corrected chi connectivity index (χ2v) is 9.59. The Morgan fingerprint density at radius 2 is 1.30 bits per heavy atom. The van der Waals surface area contributed by atoms with Crippen LogP contribution in [0.2, 0.25) is 0 Å². The lowest BCUT2D eigenvalue weighted by Gasteiger charge is -2.09. The summed E-state index contributed by atoms with van der Waals surface area (Å²) in [6.45, 7) is 4.20. The van der Waals surface area contributed by atoms with Crippen molar-refractivity contribution in [1.29, 1.82) is 0 Å². The number of alkyl halides is 6. The smallest absolute Gasteiger partial charge is 0.383 e. The zero-order chi connectivity index (χ0) is 27.5. The molecule has 0 saturated carbocycles. The third-order valence-corrected chi connectivity index (χ3v) is 6.54. The van der Waals surface area contributed by atoms with Gasteiger partial charge in [-0.2, -0.15) is 26.3 Å². The Balaban J connectivity index is 0.000000208. The number of aryl methyl sites for hydroxylation is 2. The Morgan fingerprint density at radius 3 is 1.68 bits per heavy atom. The molecule has 0 fully saturated rings. The highest BCUT2D eigenvalue weighted by Gasteiger charge is 2.35. The zero-order valence-electron chi connectivity index (χ0n) is 19.5. The second kappa shape index (κ2) is 10.9. The predicted molar refractivity (Wildman–Crippen MR) is 129 cm³/mol. The largest absolute Gasteiger partial charge is 0.433 e. The molecule has 4 aromatic heterocycles. The van der Waals surface area contributed by atoms with E-state index in [1.165, 1.54) is 55.6 Å². The van der Waals surface area contributed by atoms with Gasteiger partial charge >= 0.3 is 12.4 Å². The van der Waals surface area contributed by atoms with E-state index in [4.69, 9.17) is 5.73 Å². The van der Waals surface area contributed by atoms with E-state index >= 15 is 0 Å². The number of halogens is 6. The van der Waals surface area contributed by atoms with Gasteiger partial charge in [-0.15, -0.1) is 22.7 Å². The number of anilines is 1. The third kappa shape index (κ3) is 7.32. The molecule has 37 heavy (non-hydrogen) atoms. The molecule has 0 aliphatic heterocycles. The van der Waals surface area contributed by atoms with Crippen molar-refractivity contribution < 1.29 is 31.1 Å². The Bertz CT molecular complexity index is 1410. The summed E-state index contributed by atoms with van der Waals surface area (Å²) in [7, 11) is 0. The molecular formula is C23H19F6N5OS2. The molecule has 0 aliphatic rings. The summed E-state index contributed by atoms with van der Waals surface area (Å²) in [6.07, 6.45) is -6.33. The van der Waals surface area contributed by atoms with E-state index in [1.54, 1.807) is 10.8 Å². The van der Waals surface area contributed by atoms with Crippen LogP contribution in [0.15, 0.2) is 35.3 Å². The molecule has 2 N–H and O–H groups in total. The number of aromatic nitrogens is 4. The van der Waals surface area contributed by atoms with Crippen LogP contribution in [-0.2, 0) is 23.6 Å². The zero-order valence-corrected chi connectivity index (χ0v) is 21.2. The summed E-state index contributed by atoms with van der Waals surface area (Å²) in [5, 5.41) is 4.48. The van der Waals surface area contributed by atoms with Crippen LogP contribution in [0.3, 0.4) is 0 Å². The lowest BCUT2D eigenvalue weighted by molar-refractivity contribution is -0.142. The maximum Gasteiger partial charge on any atom is 0.433 e. The van der Waals surface area contributed by atoms with E-state index in [2.05, 4.69) is 19.9 Å². The van der Waals surface area contributed by atoms with Crippen molar-refractivity contribution in [3.05, 3.63) is 63.5 Å². The molecule has 0 amide bonds. The molecular weight excluding hydrogens is 540 g/mol. The molecule has 196 valence electrons. The number of carbonyl (C=O) groups is 1. The van der Waals surface area contributed by atoms with E-state index in [9.17, 15) is 31.1 Å². The topological polar surface area (TPSA) is 94.7 Å². The van der Waals surface area contributed by atoms with Gasteiger partial charge in [0.1, 0.15) is 33.0 Å². The Kier molecular flexibility index (Phi) is 8.32. The van der Waals surface area contributed by atoms with Crippen LogP contribution >= 0.6 is 22.7 Å². The van der Waals surface area contributed by atoms with Crippen molar-refractivity contribution in [3.63, 3.8) is 0 Å². The number of rotatable bonds is 4. The van der Waals surface area contributed by atoms with Gasteiger partial charge < -0.3 is 5.73 Å². The number of thiazole rings is 2. The van der Waals surface area contributed by atoms with Crippen molar-refractivity contribution >= 4 is 34.3 Å². The molecule has 0 bridgehead atoms. The van der Waals surface area contributed by atoms with Gasteiger partial charge in [0.05, 0.1) is 5.69 Å². The lowest BCUT2D eigenvalue weighted by atomic mass is 10.1. The molecule has 4 heterocycles. The van der Waals surface area contributed by atoms with Gasteiger partial charge in [-0.3, -0.25) is 14.8 Å². The molecule has 14 heteroatoms. The van der Waals surface area contributed by atoms with E-state index in [1.807, 2.05) is 0 Å². The molecule has 0 saturated heterocycles. The van der Waals surface area contributed by atoms with Gasteiger partial charge in [-0.05, 0) is 44.0 Å². The minimum atomic E-state index is -4.45. The SMILES string of the molecule is CC(=O)Cc1csc(-c2cnc(C(F)(F)F)c(C)c2)n1.Cc1cc(-c2nc(N)cs2)cnc1C(F)(F)F. The minimum Gasteiger partial charge on any atom is -0.383 e. The highest BCUT2D eigenvalue weighted by atomic mass is 32.1. The Labute approximate surface area is 215 Å². The minimum absolute atomic E-state index is 0.0106. The average Bonchev–Trinajstić information content (AvgIpc) is 3.41. The molecule has 4 rings (SSSR count). The van der Waals surface area contributed by atoms with Crippen LogP contribution in [0.5, 0.6) is 0 Å². The first kappa shape index (κ1) is 28.2. The van der Waals surface area contributed by atoms with E-state index < -0.39 is 23.7 Å². The number of Topliss-reactive ketones (excluding diaryl/α,β-unsaturated/α-hetero) is 1. The van der Waals surface area contributed by atoms with Crippen molar-refractivity contribution in [2.75, 3.05) is 5.73 Å². The molecule has 6 nitrogen and oxygen atoms in total. The Hall–Kier alpha value is -3.39. The monoisotopic (exact) mass is 559 g/mol. The van der Waals surface area contributed by atoms with Crippen LogP contribution < -0.4 is 5.73 Å². The first-order chi connectivity index (χ1) is 17.1. The average molecular weight is 560 g/mol. The molecule has 0 aromatic carbocycles. The van der Waals surface area contributed by atoms with E-state index in [0.717, 1.165) is 12.4 Å². The summed E-state index contributed by atoms with van der Waals surface area (Å²) in [6, 6.07) is 2.82. The molecule has 0 spiro atoms. The number of ketones is 1. The summed E-state index contributed by atoms with van der Waals surface area (Å²) in [5.41, 5.74) is 5.50. The fourth-order valence-electron chi connectivity index (χ4n) is 3.17. The van der Waals surface area contributed by atoms with Crippen molar-refractivity contribution in [2.45, 2.75) is 39.5 Å². The first-order valence-corrected chi connectivity index (χ1v) is 12.1. The van der Waals surface area contributed by atoms with Gasteiger partial charge in [-0.1, -0.05) is 0 Å². The van der Waals surface area contributed by atoms with Crippen molar-refractivity contribution in [1.82, 2.24) is 19.9 Å². The van der Waals surface area contributed by atoms with Crippen molar-refractivity contribution in [2.24, 2.45) is 0 Å². The van der Waals surface area contributed by atoms with E-state index in [-0.39, 0.29) is 23.3 Å². The summed E-state index contributed by atoms with van der Waals surface area (Å²) < 4.78 is 75.3. The fraction of sp³-hybridized carbons (Fsp3) is 0.261. The van der Waals surface area contributed by atoms with Crippen LogP contribution in [0.25, 0.3) is 21.1 Å². The summed E-state index contributed by atoms with van der Waals surface area (Å²) in [4.78, 5) is 26.1. The van der Waals surface area contributed by atoms with Crippen LogP contribution in [0.4, 0.5) is 32.2 Å². The highest BCUT2D eigenvalue weighted by Crippen LogP contribution is 2.34. The van der Waals surface area contributed by atoms with Crippen LogP contribution in [0, 0.1) is 13.8 Å². The highest BCUT2D eigenvalue weighted by molar-refractivity contribution is 7.13. The lowest BCUT2D eigenvalue weighted by Crippen LogP contribution is -2.10. The number of hydrogen-bond acceptors (Lipinski definition) is 8. The second-order valence-electron chi connectivity index (χ2n) is 7.87. The molecule has 0 radical (unpaired) electrons. The maximum absolute atomic E-state index is 12.6. The third-order valence-electron chi connectivity index (χ3n) is 4.69. The van der Waals surface area contributed by atoms with Gasteiger partial charge in [0.25, 0.3) is 0 Å².